The summed E-state index contributed by atoms with van der Waals surface area (Å²) in [6.45, 7) is -5.51. The minimum atomic E-state index is -5.51. The molecule has 0 unspecified atom stereocenters. The van der Waals surface area contributed by atoms with Crippen LogP contribution in [0.4, 0.5) is 26.1 Å². The molecule has 17 heavy (non-hydrogen) atoms. The quantitative estimate of drug-likeness (QED) is 0.508. The van der Waals surface area contributed by atoms with E-state index in [9.17, 15) is 26.1 Å². The van der Waals surface area contributed by atoms with Crippen molar-refractivity contribution in [1.29, 1.82) is 5.26 Å². The van der Waals surface area contributed by atoms with Crippen molar-refractivity contribution in [2.75, 3.05) is 0 Å². The van der Waals surface area contributed by atoms with E-state index in [1.54, 1.807) is 0 Å². The Kier molecular flexibility index (Phi) is 5.75. The first-order valence-corrected chi connectivity index (χ1v) is 3.97. The summed E-state index contributed by atoms with van der Waals surface area (Å²) in [5.41, 5.74) is -3.76. The Morgan fingerprint density at radius 2 is 1.65 bits per heavy atom. The van der Waals surface area contributed by atoms with Crippen LogP contribution in [0.5, 0.6) is 0 Å². The SMILES string of the molecule is N#Cc1ccc([B-](F)(F)F)cc1C(F)(F)F.[K+]. The second-order valence-electron chi connectivity index (χ2n) is 2.99. The summed E-state index contributed by atoms with van der Waals surface area (Å²) in [7, 11) is 0. The molecule has 1 rings (SSSR count). The summed E-state index contributed by atoms with van der Waals surface area (Å²) in [5.74, 6) is 0. The molecular weight excluding hydrogens is 274 g/mol. The minimum Gasteiger partial charge on any atom is -0.445 e. The van der Waals surface area contributed by atoms with E-state index in [2.05, 4.69) is 0 Å². The molecule has 0 amide bonds. The molecule has 0 fully saturated rings. The fraction of sp³-hybridized carbons (Fsp3) is 0.125. The summed E-state index contributed by atoms with van der Waals surface area (Å²) in [5, 5.41) is 8.35. The molecule has 1 aromatic carbocycles. The minimum absolute atomic E-state index is 0. The molecule has 0 spiro atoms. The average Bonchev–Trinajstić information content (AvgIpc) is 2.14. The number of benzene rings is 1. The first-order chi connectivity index (χ1) is 7.16. The second kappa shape index (κ2) is 5.75. The molecule has 0 aliphatic carbocycles. The van der Waals surface area contributed by atoms with Gasteiger partial charge in [-0.1, -0.05) is 12.1 Å². The van der Waals surface area contributed by atoms with Crippen molar-refractivity contribution in [3.63, 3.8) is 0 Å². The Labute approximate surface area is 135 Å². The van der Waals surface area contributed by atoms with Gasteiger partial charge in [0.25, 0.3) is 0 Å². The van der Waals surface area contributed by atoms with E-state index in [1.807, 2.05) is 0 Å². The number of alkyl halides is 3. The number of hydrogen-bond acceptors (Lipinski definition) is 1. The third-order valence-corrected chi connectivity index (χ3v) is 1.85. The zero-order chi connectivity index (χ0) is 12.6. The van der Waals surface area contributed by atoms with Gasteiger partial charge in [0.05, 0.1) is 17.2 Å². The first-order valence-electron chi connectivity index (χ1n) is 3.97. The molecule has 0 saturated carbocycles. The zero-order valence-electron chi connectivity index (χ0n) is 8.52. The summed E-state index contributed by atoms with van der Waals surface area (Å²) in [4.78, 5) is 0. The van der Waals surface area contributed by atoms with E-state index in [4.69, 9.17) is 5.26 Å². The van der Waals surface area contributed by atoms with Gasteiger partial charge in [0.1, 0.15) is 0 Å². The molecule has 1 nitrogen and oxygen atoms in total. The Hall–Kier alpha value is -0.00870. The summed E-state index contributed by atoms with van der Waals surface area (Å²) >= 11 is 0. The van der Waals surface area contributed by atoms with Crippen LogP contribution in [0, 0.1) is 11.3 Å². The number of nitrogens with zero attached hydrogens (tertiary/aromatic N) is 1. The van der Waals surface area contributed by atoms with Crippen molar-refractivity contribution in [3.05, 3.63) is 29.3 Å². The van der Waals surface area contributed by atoms with Crippen LogP contribution in [0.1, 0.15) is 11.1 Å². The van der Waals surface area contributed by atoms with Gasteiger partial charge in [-0.3, -0.25) is 0 Å². The summed E-state index contributed by atoms with van der Waals surface area (Å²) in [6, 6.07) is 2.14. The second-order valence-corrected chi connectivity index (χ2v) is 2.99. The van der Waals surface area contributed by atoms with E-state index in [1.165, 1.54) is 6.07 Å². The van der Waals surface area contributed by atoms with Gasteiger partial charge in [-0.05, 0) is 6.07 Å². The molecule has 0 saturated heterocycles. The van der Waals surface area contributed by atoms with Gasteiger partial charge in [0.15, 0.2) is 0 Å². The van der Waals surface area contributed by atoms with Crippen LogP contribution >= 0.6 is 0 Å². The number of halogens is 6. The molecular formula is C8H3BF6KN. The first kappa shape index (κ1) is 17.0. The van der Waals surface area contributed by atoms with Gasteiger partial charge >= 0.3 is 64.5 Å². The number of hydrogen-bond donors (Lipinski definition) is 0. The van der Waals surface area contributed by atoms with Gasteiger partial charge in [0, 0.05) is 0 Å². The summed E-state index contributed by atoms with van der Waals surface area (Å²) < 4.78 is 73.5. The van der Waals surface area contributed by atoms with E-state index >= 15 is 0 Å². The van der Waals surface area contributed by atoms with Crippen LogP contribution in [0.15, 0.2) is 18.2 Å². The molecule has 0 bridgehead atoms. The fourth-order valence-corrected chi connectivity index (χ4v) is 1.10. The monoisotopic (exact) mass is 277 g/mol. The number of nitriles is 1. The molecule has 9 heteroatoms. The van der Waals surface area contributed by atoms with Gasteiger partial charge in [0.2, 0.25) is 0 Å². The van der Waals surface area contributed by atoms with E-state index in [-0.39, 0.29) is 57.5 Å². The Morgan fingerprint density at radius 3 is 2.00 bits per heavy atom. The van der Waals surface area contributed by atoms with E-state index in [0.717, 1.165) is 0 Å². The van der Waals surface area contributed by atoms with Crippen molar-refractivity contribution in [2.24, 2.45) is 0 Å². The largest absolute Gasteiger partial charge is 1.00 e. The van der Waals surface area contributed by atoms with Crippen LogP contribution < -0.4 is 56.8 Å². The molecule has 0 heterocycles. The molecule has 0 N–H and O–H groups in total. The van der Waals surface area contributed by atoms with Crippen molar-refractivity contribution in [2.45, 2.75) is 6.18 Å². The maximum absolute atomic E-state index is 12.3. The standard InChI is InChI=1S/C8H3BF6N.K/c10-8(11,12)7-3-6(9(13,14)15)2-1-5(7)4-16;/h1-3H;/q-1;+1. The predicted octanol–water partition coefficient (Wildman–Crippen LogP) is -0.365. The molecule has 0 aliphatic heterocycles. The Bertz CT molecular complexity index is 447. The molecule has 0 aliphatic rings. The third-order valence-electron chi connectivity index (χ3n) is 1.85. The predicted molar refractivity (Wildman–Crippen MR) is 44.9 cm³/mol. The molecule has 1 aromatic rings. The van der Waals surface area contributed by atoms with Crippen LogP contribution in [0.25, 0.3) is 0 Å². The van der Waals surface area contributed by atoms with E-state index < -0.39 is 29.7 Å². The maximum Gasteiger partial charge on any atom is 1.00 e. The third kappa shape index (κ3) is 4.30. The topological polar surface area (TPSA) is 23.8 Å². The van der Waals surface area contributed by atoms with Crippen molar-refractivity contribution < 1.29 is 77.5 Å². The van der Waals surface area contributed by atoms with Crippen LogP contribution in [-0.4, -0.2) is 6.98 Å². The molecule has 86 valence electrons. The van der Waals surface area contributed by atoms with Crippen molar-refractivity contribution in [3.8, 4) is 6.07 Å². The van der Waals surface area contributed by atoms with Crippen molar-refractivity contribution in [1.82, 2.24) is 0 Å². The summed E-state index contributed by atoms with van der Waals surface area (Å²) in [6.07, 6.45) is -4.97. The molecule has 0 aromatic heterocycles. The van der Waals surface area contributed by atoms with Crippen LogP contribution in [-0.2, 0) is 6.18 Å². The van der Waals surface area contributed by atoms with Gasteiger partial charge in [-0.15, -0.1) is 5.46 Å². The number of rotatable bonds is 1. The fourth-order valence-electron chi connectivity index (χ4n) is 1.10. The van der Waals surface area contributed by atoms with E-state index in [0.29, 0.717) is 12.1 Å². The van der Waals surface area contributed by atoms with Gasteiger partial charge < -0.3 is 12.9 Å². The van der Waals surface area contributed by atoms with Gasteiger partial charge in [-0.25, -0.2) is 0 Å². The van der Waals surface area contributed by atoms with Crippen LogP contribution in [0.2, 0.25) is 0 Å². The normalized spacial score (nSPS) is 11.6. The average molecular weight is 277 g/mol. The maximum atomic E-state index is 12.3. The van der Waals surface area contributed by atoms with Crippen LogP contribution in [0.3, 0.4) is 0 Å². The molecule has 0 atom stereocenters. The Balaban J connectivity index is 0.00000256. The zero-order valence-corrected chi connectivity index (χ0v) is 11.6. The smallest absolute Gasteiger partial charge is 0.445 e. The Morgan fingerprint density at radius 1 is 1.12 bits per heavy atom. The van der Waals surface area contributed by atoms with Gasteiger partial charge in [-0.2, -0.15) is 18.4 Å². The van der Waals surface area contributed by atoms with Crippen molar-refractivity contribution >= 4 is 12.4 Å². The molecule has 0 radical (unpaired) electrons.